The highest BCUT2D eigenvalue weighted by Crippen LogP contribution is 2.15. The van der Waals surface area contributed by atoms with E-state index in [-0.39, 0.29) is 31.8 Å². The molecule has 1 aromatic rings. The second-order valence-electron chi connectivity index (χ2n) is 4.25. The van der Waals surface area contributed by atoms with Gasteiger partial charge in [-0.25, -0.2) is 0 Å². The number of aryl methyl sites for hydroxylation is 1. The number of nitrogens with zero attached hydrogens (tertiary/aromatic N) is 3. The number of imidazole rings is 1. The SMILES string of the molecule is COC(=O)CCN(C=O)c1nc(NC(=O)CCN)cn1C. The first-order chi connectivity index (χ1) is 10.0. The first-order valence-electron chi connectivity index (χ1n) is 6.33. The smallest absolute Gasteiger partial charge is 0.307 e. The number of nitrogens with two attached hydrogens (primary N) is 1. The van der Waals surface area contributed by atoms with Crippen LogP contribution >= 0.6 is 0 Å². The summed E-state index contributed by atoms with van der Waals surface area (Å²) in [6.07, 6.45) is 2.37. The summed E-state index contributed by atoms with van der Waals surface area (Å²) in [5, 5.41) is 2.57. The Hall–Kier alpha value is -2.42. The Morgan fingerprint density at radius 3 is 2.81 bits per heavy atom. The number of esters is 1. The van der Waals surface area contributed by atoms with Crippen molar-refractivity contribution in [1.82, 2.24) is 9.55 Å². The molecule has 2 amide bonds. The van der Waals surface area contributed by atoms with Gasteiger partial charge in [-0.05, 0) is 0 Å². The largest absolute Gasteiger partial charge is 0.469 e. The van der Waals surface area contributed by atoms with Gasteiger partial charge in [0.25, 0.3) is 0 Å². The standard InChI is InChI=1S/C12H19N5O4/c1-16-7-9(14-10(19)3-5-13)15-12(16)17(8-18)6-4-11(20)21-2/h7-8H,3-6,13H2,1-2H3,(H,14,19). The zero-order chi connectivity index (χ0) is 15.8. The van der Waals surface area contributed by atoms with Crippen LogP contribution in [-0.2, 0) is 26.2 Å². The van der Waals surface area contributed by atoms with E-state index >= 15 is 0 Å². The molecule has 0 aromatic carbocycles. The van der Waals surface area contributed by atoms with Crippen molar-refractivity contribution in [2.75, 3.05) is 30.4 Å². The molecule has 21 heavy (non-hydrogen) atoms. The van der Waals surface area contributed by atoms with Crippen LogP contribution in [0.3, 0.4) is 0 Å². The number of carbonyl (C=O) groups excluding carboxylic acids is 3. The number of hydrogen-bond acceptors (Lipinski definition) is 6. The molecule has 0 bridgehead atoms. The summed E-state index contributed by atoms with van der Waals surface area (Å²) < 4.78 is 6.09. The molecule has 0 fully saturated rings. The minimum Gasteiger partial charge on any atom is -0.469 e. The Balaban J connectivity index is 2.76. The molecule has 0 aliphatic carbocycles. The van der Waals surface area contributed by atoms with E-state index in [1.807, 2.05) is 0 Å². The molecule has 1 aromatic heterocycles. The van der Waals surface area contributed by atoms with Crippen LogP contribution in [0.5, 0.6) is 0 Å². The minimum atomic E-state index is -0.424. The summed E-state index contributed by atoms with van der Waals surface area (Å²) >= 11 is 0. The van der Waals surface area contributed by atoms with Crippen molar-refractivity contribution in [3.05, 3.63) is 6.20 Å². The van der Waals surface area contributed by atoms with E-state index in [0.29, 0.717) is 18.2 Å². The first-order valence-corrected chi connectivity index (χ1v) is 6.33. The molecule has 3 N–H and O–H groups in total. The highest BCUT2D eigenvalue weighted by Gasteiger charge is 2.15. The lowest BCUT2D eigenvalue weighted by Crippen LogP contribution is -2.27. The van der Waals surface area contributed by atoms with Gasteiger partial charge in [0.05, 0.1) is 13.5 Å². The van der Waals surface area contributed by atoms with Crippen LogP contribution in [0.25, 0.3) is 0 Å². The molecule has 0 aliphatic heterocycles. The van der Waals surface area contributed by atoms with Crippen LogP contribution in [0.1, 0.15) is 12.8 Å². The van der Waals surface area contributed by atoms with Crippen LogP contribution in [-0.4, -0.2) is 48.0 Å². The Morgan fingerprint density at radius 1 is 1.52 bits per heavy atom. The van der Waals surface area contributed by atoms with E-state index in [1.165, 1.54) is 12.0 Å². The topological polar surface area (TPSA) is 120 Å². The fraction of sp³-hybridized carbons (Fsp3) is 0.500. The molecule has 0 saturated carbocycles. The number of methoxy groups -OCH3 is 1. The second kappa shape index (κ2) is 8.00. The number of ether oxygens (including phenoxy) is 1. The van der Waals surface area contributed by atoms with Crippen molar-refractivity contribution in [1.29, 1.82) is 0 Å². The minimum absolute atomic E-state index is 0.0525. The summed E-state index contributed by atoms with van der Waals surface area (Å²) in [4.78, 5) is 39.1. The maximum atomic E-state index is 11.4. The van der Waals surface area contributed by atoms with Crippen molar-refractivity contribution in [2.45, 2.75) is 12.8 Å². The number of carbonyl (C=O) groups is 3. The van der Waals surface area contributed by atoms with E-state index in [0.717, 1.165) is 0 Å². The normalized spacial score (nSPS) is 10.0. The number of anilines is 2. The van der Waals surface area contributed by atoms with Gasteiger partial charge < -0.3 is 20.4 Å². The van der Waals surface area contributed by atoms with Gasteiger partial charge in [-0.3, -0.25) is 19.3 Å². The van der Waals surface area contributed by atoms with E-state index in [9.17, 15) is 14.4 Å². The predicted octanol–water partition coefficient (Wildman–Crippen LogP) is -0.767. The van der Waals surface area contributed by atoms with Gasteiger partial charge in [0.2, 0.25) is 18.3 Å². The molecule has 1 rings (SSSR count). The van der Waals surface area contributed by atoms with Gasteiger partial charge in [-0.15, -0.1) is 0 Å². The quantitative estimate of drug-likeness (QED) is 0.480. The van der Waals surface area contributed by atoms with Crippen LogP contribution in [0, 0.1) is 0 Å². The molecular formula is C12H19N5O4. The summed E-state index contributed by atoms with van der Waals surface area (Å²) in [6, 6.07) is 0. The van der Waals surface area contributed by atoms with Crippen LogP contribution in [0.15, 0.2) is 6.20 Å². The molecule has 0 unspecified atom stereocenters. The third-order valence-electron chi connectivity index (χ3n) is 2.66. The summed E-state index contributed by atoms with van der Waals surface area (Å²) in [7, 11) is 2.95. The zero-order valence-corrected chi connectivity index (χ0v) is 12.0. The van der Waals surface area contributed by atoms with Gasteiger partial charge in [0, 0.05) is 32.8 Å². The molecule has 0 atom stereocenters. The van der Waals surface area contributed by atoms with Gasteiger partial charge in [-0.2, -0.15) is 4.98 Å². The lowest BCUT2D eigenvalue weighted by molar-refractivity contribution is -0.140. The zero-order valence-electron chi connectivity index (χ0n) is 12.0. The molecule has 0 spiro atoms. The average molecular weight is 297 g/mol. The third kappa shape index (κ3) is 4.88. The van der Waals surface area contributed by atoms with Gasteiger partial charge in [-0.1, -0.05) is 0 Å². The van der Waals surface area contributed by atoms with E-state index in [4.69, 9.17) is 5.73 Å². The maximum absolute atomic E-state index is 11.4. The van der Waals surface area contributed by atoms with Crippen molar-refractivity contribution in [3.63, 3.8) is 0 Å². The second-order valence-corrected chi connectivity index (χ2v) is 4.25. The number of nitrogens with one attached hydrogen (secondary N) is 1. The Labute approximate surface area is 122 Å². The predicted molar refractivity (Wildman–Crippen MR) is 75.6 cm³/mol. The molecule has 1 heterocycles. The molecule has 0 aliphatic rings. The van der Waals surface area contributed by atoms with Crippen molar-refractivity contribution >= 4 is 30.1 Å². The lowest BCUT2D eigenvalue weighted by atomic mass is 10.4. The molecule has 9 heteroatoms. The Bertz CT molecular complexity index is 514. The summed E-state index contributed by atoms with van der Waals surface area (Å²) in [5.74, 6) is -0.0466. The molecule has 116 valence electrons. The van der Waals surface area contributed by atoms with Gasteiger partial charge in [0.15, 0.2) is 5.82 Å². The molecule has 0 radical (unpaired) electrons. The number of hydrogen-bond donors (Lipinski definition) is 2. The summed E-state index contributed by atoms with van der Waals surface area (Å²) in [5.41, 5.74) is 5.28. The van der Waals surface area contributed by atoms with E-state index < -0.39 is 5.97 Å². The fourth-order valence-electron chi connectivity index (χ4n) is 1.63. The highest BCUT2D eigenvalue weighted by atomic mass is 16.5. The van der Waals surface area contributed by atoms with E-state index in [1.54, 1.807) is 17.8 Å². The molecule has 0 saturated heterocycles. The van der Waals surface area contributed by atoms with Crippen LogP contribution in [0.2, 0.25) is 0 Å². The van der Waals surface area contributed by atoms with Crippen molar-refractivity contribution in [2.24, 2.45) is 12.8 Å². The van der Waals surface area contributed by atoms with Gasteiger partial charge in [0.1, 0.15) is 0 Å². The maximum Gasteiger partial charge on any atom is 0.307 e. The Morgan fingerprint density at radius 2 is 2.24 bits per heavy atom. The summed E-state index contributed by atoms with van der Waals surface area (Å²) in [6.45, 7) is 0.377. The number of aromatic nitrogens is 2. The van der Waals surface area contributed by atoms with Crippen molar-refractivity contribution < 1.29 is 19.1 Å². The van der Waals surface area contributed by atoms with Crippen molar-refractivity contribution in [3.8, 4) is 0 Å². The highest BCUT2D eigenvalue weighted by molar-refractivity contribution is 5.90. The Kier molecular flexibility index (Phi) is 6.34. The monoisotopic (exact) mass is 297 g/mol. The third-order valence-corrected chi connectivity index (χ3v) is 2.66. The fourth-order valence-corrected chi connectivity index (χ4v) is 1.63. The molecule has 9 nitrogen and oxygen atoms in total. The van der Waals surface area contributed by atoms with Crippen LogP contribution < -0.4 is 16.0 Å². The lowest BCUT2D eigenvalue weighted by Gasteiger charge is -2.15. The van der Waals surface area contributed by atoms with E-state index in [2.05, 4.69) is 15.0 Å². The van der Waals surface area contributed by atoms with Crippen LogP contribution in [0.4, 0.5) is 11.8 Å². The average Bonchev–Trinajstić information content (AvgIpc) is 2.80. The number of amides is 2. The number of rotatable bonds is 8. The molecular weight excluding hydrogens is 278 g/mol. The first kappa shape index (κ1) is 16.6. The van der Waals surface area contributed by atoms with Gasteiger partial charge >= 0.3 is 5.97 Å².